The zero-order valence-corrected chi connectivity index (χ0v) is 16.8. The van der Waals surface area contributed by atoms with Crippen LogP contribution in [0.2, 0.25) is 0 Å². The number of benzene rings is 3. The molecule has 2 heteroatoms. The lowest BCUT2D eigenvalue weighted by molar-refractivity contribution is -0.632. The van der Waals surface area contributed by atoms with Crippen LogP contribution in [0.25, 0.3) is 44.1 Å². The summed E-state index contributed by atoms with van der Waals surface area (Å²) in [7, 11) is 2.16. The van der Waals surface area contributed by atoms with Gasteiger partial charge in [-0.15, -0.1) is 0 Å². The molecule has 5 aromatic rings. The van der Waals surface area contributed by atoms with E-state index in [9.17, 15) is 0 Å². The largest absolute Gasteiger partial charge is 0.455 e. The van der Waals surface area contributed by atoms with Crippen molar-refractivity contribution >= 4 is 32.8 Å². The molecule has 138 valence electrons. The Bertz CT molecular complexity index is 1360. The molecule has 28 heavy (non-hydrogen) atoms. The van der Waals surface area contributed by atoms with E-state index >= 15 is 0 Å². The van der Waals surface area contributed by atoms with Crippen molar-refractivity contribution < 1.29 is 8.98 Å². The summed E-state index contributed by atoms with van der Waals surface area (Å²) in [6.45, 7) is 6.63. The number of aromatic nitrogens is 1. The van der Waals surface area contributed by atoms with Crippen molar-refractivity contribution in [2.24, 2.45) is 7.05 Å². The fourth-order valence-corrected chi connectivity index (χ4v) is 4.42. The van der Waals surface area contributed by atoms with Crippen LogP contribution in [0.4, 0.5) is 0 Å². The standard InChI is InChI=1S/C26H24NO/c1-16(2)18-13-9-14-21-23-24(19-11-6-5-10-17(19)3)27(4)22-15-8-7-12-20(22)26(23)28-25(18)21/h5-16H,1-4H3/q+1. The molecule has 0 saturated heterocycles. The number of aryl methyl sites for hydroxylation is 2. The molecule has 3 aromatic carbocycles. The van der Waals surface area contributed by atoms with E-state index in [1.807, 2.05) is 0 Å². The van der Waals surface area contributed by atoms with E-state index in [1.165, 1.54) is 38.7 Å². The van der Waals surface area contributed by atoms with Crippen molar-refractivity contribution in [1.82, 2.24) is 0 Å². The Kier molecular flexibility index (Phi) is 3.77. The van der Waals surface area contributed by atoms with E-state index < -0.39 is 0 Å². The second-order valence-corrected chi connectivity index (χ2v) is 7.92. The molecule has 0 spiro atoms. The van der Waals surface area contributed by atoms with Crippen LogP contribution in [0.15, 0.2) is 71.1 Å². The lowest BCUT2D eigenvalue weighted by atomic mass is 9.96. The average molecular weight is 366 g/mol. The van der Waals surface area contributed by atoms with Crippen LogP contribution in [0, 0.1) is 6.92 Å². The Morgan fingerprint density at radius 1 is 0.786 bits per heavy atom. The van der Waals surface area contributed by atoms with Crippen LogP contribution in [0.5, 0.6) is 0 Å². The first-order valence-corrected chi connectivity index (χ1v) is 9.89. The molecule has 0 N–H and O–H groups in total. The molecule has 2 aromatic heterocycles. The van der Waals surface area contributed by atoms with Gasteiger partial charge in [0.15, 0.2) is 5.58 Å². The number of nitrogens with zero attached hydrogens (tertiary/aromatic N) is 1. The molecule has 0 fully saturated rings. The number of rotatable bonds is 2. The molecule has 0 bridgehead atoms. The topological polar surface area (TPSA) is 17.0 Å². The van der Waals surface area contributed by atoms with Gasteiger partial charge >= 0.3 is 0 Å². The van der Waals surface area contributed by atoms with Crippen molar-refractivity contribution in [2.45, 2.75) is 26.7 Å². The second-order valence-electron chi connectivity index (χ2n) is 7.92. The summed E-state index contributed by atoms with van der Waals surface area (Å²) < 4.78 is 8.92. The second kappa shape index (κ2) is 6.20. The summed E-state index contributed by atoms with van der Waals surface area (Å²) in [5.41, 5.74) is 8.16. The van der Waals surface area contributed by atoms with Crippen LogP contribution in [-0.4, -0.2) is 0 Å². The van der Waals surface area contributed by atoms with Crippen molar-refractivity contribution in [3.63, 3.8) is 0 Å². The first-order chi connectivity index (χ1) is 13.6. The Labute approximate surface area is 165 Å². The molecule has 0 radical (unpaired) electrons. The fraction of sp³-hybridized carbons (Fsp3) is 0.192. The monoisotopic (exact) mass is 366 g/mol. The highest BCUT2D eigenvalue weighted by Gasteiger charge is 2.27. The molecule has 0 unspecified atom stereocenters. The lowest BCUT2D eigenvalue weighted by Gasteiger charge is -2.08. The third kappa shape index (κ3) is 2.31. The maximum Gasteiger partial charge on any atom is 0.224 e. The highest BCUT2D eigenvalue weighted by Crippen LogP contribution is 2.41. The summed E-state index contributed by atoms with van der Waals surface area (Å²) in [5, 5.41) is 3.55. The van der Waals surface area contributed by atoms with Gasteiger partial charge in [0.05, 0.1) is 5.39 Å². The fourth-order valence-electron chi connectivity index (χ4n) is 4.42. The van der Waals surface area contributed by atoms with Gasteiger partial charge in [-0.25, -0.2) is 0 Å². The number of fused-ring (bicyclic) bond motifs is 5. The van der Waals surface area contributed by atoms with E-state index in [1.54, 1.807) is 0 Å². The van der Waals surface area contributed by atoms with Crippen molar-refractivity contribution in [3.05, 3.63) is 77.9 Å². The molecule has 0 aliphatic carbocycles. The molecule has 0 saturated carbocycles. The van der Waals surface area contributed by atoms with Gasteiger partial charge in [-0.1, -0.05) is 62.4 Å². The van der Waals surface area contributed by atoms with E-state index in [-0.39, 0.29) is 0 Å². The zero-order valence-electron chi connectivity index (χ0n) is 16.8. The third-order valence-electron chi connectivity index (χ3n) is 5.85. The lowest BCUT2D eigenvalue weighted by Crippen LogP contribution is -2.32. The van der Waals surface area contributed by atoms with Gasteiger partial charge in [0.1, 0.15) is 18.0 Å². The summed E-state index contributed by atoms with van der Waals surface area (Å²) in [6, 6.07) is 23.7. The molecule has 0 aliphatic rings. The average Bonchev–Trinajstić information content (AvgIpc) is 3.09. The Hall–Kier alpha value is -3.13. The van der Waals surface area contributed by atoms with Crippen molar-refractivity contribution in [1.29, 1.82) is 0 Å². The number of furan rings is 1. The molecule has 0 atom stereocenters. The molecule has 5 rings (SSSR count). The number of para-hydroxylation sites is 2. The highest BCUT2D eigenvalue weighted by atomic mass is 16.3. The molecule has 2 nitrogen and oxygen atoms in total. The summed E-state index contributed by atoms with van der Waals surface area (Å²) >= 11 is 0. The predicted octanol–water partition coefficient (Wildman–Crippen LogP) is 6.66. The number of hydrogen-bond acceptors (Lipinski definition) is 1. The molecular formula is C26H24NO+. The Morgan fingerprint density at radius 3 is 2.29 bits per heavy atom. The highest BCUT2D eigenvalue weighted by molar-refractivity contribution is 6.18. The quantitative estimate of drug-likeness (QED) is 0.319. The molecule has 0 amide bonds. The van der Waals surface area contributed by atoms with Gasteiger partial charge in [0.2, 0.25) is 11.2 Å². The van der Waals surface area contributed by atoms with Crippen molar-refractivity contribution in [2.75, 3.05) is 0 Å². The molecule has 2 heterocycles. The summed E-state index contributed by atoms with van der Waals surface area (Å²) in [6.07, 6.45) is 0. The van der Waals surface area contributed by atoms with Crippen LogP contribution < -0.4 is 4.57 Å². The minimum atomic E-state index is 0.409. The van der Waals surface area contributed by atoms with E-state index in [0.717, 1.165) is 16.6 Å². The maximum absolute atomic E-state index is 6.60. The van der Waals surface area contributed by atoms with E-state index in [4.69, 9.17) is 4.42 Å². The van der Waals surface area contributed by atoms with Gasteiger partial charge in [-0.3, -0.25) is 0 Å². The number of pyridine rings is 1. The molecular weight excluding hydrogens is 342 g/mol. The third-order valence-corrected chi connectivity index (χ3v) is 5.85. The SMILES string of the molecule is Cc1ccccc1-c1c2c3cccc(C(C)C)c3oc2c2ccccc2[n+]1C. The predicted molar refractivity (Wildman–Crippen MR) is 117 cm³/mol. The number of hydrogen-bond donors (Lipinski definition) is 0. The van der Waals surface area contributed by atoms with Crippen LogP contribution in [0.3, 0.4) is 0 Å². The smallest absolute Gasteiger partial charge is 0.224 e. The first kappa shape index (κ1) is 17.0. The van der Waals surface area contributed by atoms with E-state index in [0.29, 0.717) is 5.92 Å². The minimum Gasteiger partial charge on any atom is -0.455 e. The maximum atomic E-state index is 6.60. The molecule has 0 aliphatic heterocycles. The Balaban J connectivity index is 2.09. The zero-order chi connectivity index (χ0) is 19.4. The van der Waals surface area contributed by atoms with Crippen LogP contribution >= 0.6 is 0 Å². The van der Waals surface area contributed by atoms with Gasteiger partial charge in [0.25, 0.3) is 0 Å². The van der Waals surface area contributed by atoms with Crippen molar-refractivity contribution in [3.8, 4) is 11.3 Å². The summed E-state index contributed by atoms with van der Waals surface area (Å²) in [5.74, 6) is 0.409. The first-order valence-electron chi connectivity index (χ1n) is 9.89. The van der Waals surface area contributed by atoms with Gasteiger partial charge in [-0.05, 0) is 36.1 Å². The minimum absolute atomic E-state index is 0.409. The summed E-state index contributed by atoms with van der Waals surface area (Å²) in [4.78, 5) is 0. The van der Waals surface area contributed by atoms with Gasteiger partial charge in [0, 0.05) is 17.0 Å². The van der Waals surface area contributed by atoms with E-state index in [2.05, 4.69) is 99.1 Å². The Morgan fingerprint density at radius 2 is 1.50 bits per heavy atom. The van der Waals surface area contributed by atoms with Crippen LogP contribution in [0.1, 0.15) is 30.9 Å². The van der Waals surface area contributed by atoms with Gasteiger partial charge < -0.3 is 4.42 Å². The van der Waals surface area contributed by atoms with Gasteiger partial charge in [-0.2, -0.15) is 4.57 Å². The van der Waals surface area contributed by atoms with Crippen LogP contribution in [-0.2, 0) is 7.05 Å². The normalized spacial score (nSPS) is 11.9.